The number of nitrogens with zero attached hydrogens (tertiary/aromatic N) is 1. The van der Waals surface area contributed by atoms with Crippen LogP contribution in [0.1, 0.15) is 17.3 Å². The molecule has 0 spiro atoms. The molecule has 0 aliphatic rings. The van der Waals surface area contributed by atoms with Gasteiger partial charge in [0.25, 0.3) is 5.91 Å². The molecular weight excluding hydrogens is 436 g/mol. The number of methoxy groups -OCH3 is 2. The third-order valence-corrected chi connectivity index (χ3v) is 6.26. The molecule has 2 aromatic rings. The van der Waals surface area contributed by atoms with E-state index in [0.717, 1.165) is 8.78 Å². The summed E-state index contributed by atoms with van der Waals surface area (Å²) in [7, 11) is 0.707. The number of nitrogens with one attached hydrogen (secondary N) is 1. The second-order valence-corrected chi connectivity index (χ2v) is 8.76. The van der Waals surface area contributed by atoms with Gasteiger partial charge in [0, 0.05) is 23.3 Å². The topological polar surface area (TPSA) is 84.9 Å². The molecule has 0 fully saturated rings. The molecule has 7 nitrogen and oxygen atoms in total. The Bertz CT molecular complexity index is 930. The molecule has 0 saturated heterocycles. The monoisotopic (exact) mass is 456 g/mol. The quantitative estimate of drug-likeness (QED) is 0.688. The van der Waals surface area contributed by atoms with Crippen LogP contribution in [0.5, 0.6) is 11.5 Å². The van der Waals surface area contributed by atoms with E-state index in [4.69, 9.17) is 9.47 Å². The molecule has 0 bridgehead atoms. The molecule has 0 radical (unpaired) electrons. The Morgan fingerprint density at radius 2 is 1.67 bits per heavy atom. The molecule has 0 aliphatic heterocycles. The summed E-state index contributed by atoms with van der Waals surface area (Å²) in [6.07, 6.45) is 0. The molecule has 0 atom stereocenters. The molecule has 1 amide bonds. The van der Waals surface area contributed by atoms with Crippen molar-refractivity contribution >= 4 is 43.2 Å². The molecular formula is C18H21BrN2O5S. The van der Waals surface area contributed by atoms with Crippen molar-refractivity contribution < 1.29 is 22.7 Å². The average Bonchev–Trinajstić information content (AvgIpc) is 2.67. The summed E-state index contributed by atoms with van der Waals surface area (Å²) in [6, 6.07) is 9.98. The van der Waals surface area contributed by atoms with Gasteiger partial charge in [0.2, 0.25) is 10.0 Å². The Morgan fingerprint density at radius 3 is 2.19 bits per heavy atom. The van der Waals surface area contributed by atoms with Crippen LogP contribution in [0.15, 0.2) is 40.9 Å². The number of amides is 1. The number of benzene rings is 2. The minimum Gasteiger partial charge on any atom is -0.493 e. The lowest BCUT2D eigenvalue weighted by Crippen LogP contribution is -2.30. The molecule has 0 aromatic heterocycles. The highest BCUT2D eigenvalue weighted by Gasteiger charge is 2.25. The van der Waals surface area contributed by atoms with E-state index in [9.17, 15) is 13.2 Å². The summed E-state index contributed by atoms with van der Waals surface area (Å²) in [5.41, 5.74) is 0.921. The molecule has 2 aromatic carbocycles. The molecule has 146 valence electrons. The first-order valence-corrected chi connectivity index (χ1v) is 10.4. The van der Waals surface area contributed by atoms with Gasteiger partial charge < -0.3 is 14.8 Å². The van der Waals surface area contributed by atoms with E-state index in [0.29, 0.717) is 17.2 Å². The summed E-state index contributed by atoms with van der Waals surface area (Å²) in [5.74, 6) is 0.0767. The summed E-state index contributed by atoms with van der Waals surface area (Å²) < 4.78 is 37.2. The van der Waals surface area contributed by atoms with E-state index in [1.54, 1.807) is 24.3 Å². The minimum atomic E-state index is -3.58. The van der Waals surface area contributed by atoms with Gasteiger partial charge in [-0.2, -0.15) is 0 Å². The number of sulfonamides is 1. The van der Waals surface area contributed by atoms with Gasteiger partial charge >= 0.3 is 0 Å². The first-order chi connectivity index (χ1) is 12.7. The zero-order valence-corrected chi connectivity index (χ0v) is 17.8. The summed E-state index contributed by atoms with van der Waals surface area (Å²) in [6.45, 7) is 1.54. The number of anilines is 2. The Hall–Kier alpha value is -2.26. The maximum atomic E-state index is 12.9. The third kappa shape index (κ3) is 4.72. The number of carbonyl (C=O) groups excluding carboxylic acids is 1. The Kier molecular flexibility index (Phi) is 6.72. The highest BCUT2D eigenvalue weighted by molar-refractivity contribution is 9.10. The summed E-state index contributed by atoms with van der Waals surface area (Å²) in [4.78, 5) is 12.9. The second-order valence-electron chi connectivity index (χ2n) is 5.55. The van der Waals surface area contributed by atoms with E-state index < -0.39 is 15.9 Å². The Balaban J connectivity index is 2.54. The standard InChI is InChI=1S/C18H21BrN2O5S/c1-5-27(23,24)21(2)15-11-17(26-4)16(25-3)10-14(15)18(22)20-13-8-6-12(19)7-9-13/h6-11H,5H2,1-4H3,(H,20,22). The van der Waals surface area contributed by atoms with Gasteiger partial charge in [-0.3, -0.25) is 9.10 Å². The molecule has 0 unspecified atom stereocenters. The van der Waals surface area contributed by atoms with Crippen molar-refractivity contribution in [2.75, 3.05) is 36.6 Å². The molecule has 1 N–H and O–H groups in total. The van der Waals surface area contributed by atoms with Crippen LogP contribution in [-0.4, -0.2) is 41.3 Å². The zero-order chi connectivity index (χ0) is 20.2. The van der Waals surface area contributed by atoms with Gasteiger partial charge in [-0.1, -0.05) is 15.9 Å². The fraction of sp³-hybridized carbons (Fsp3) is 0.278. The van der Waals surface area contributed by atoms with Crippen LogP contribution >= 0.6 is 15.9 Å². The number of hydrogen-bond donors (Lipinski definition) is 1. The molecule has 0 heterocycles. The first-order valence-electron chi connectivity index (χ1n) is 8.03. The Labute approximate surface area is 167 Å². The number of ether oxygens (including phenoxy) is 2. The van der Waals surface area contributed by atoms with Crippen molar-refractivity contribution in [1.29, 1.82) is 0 Å². The van der Waals surface area contributed by atoms with Crippen molar-refractivity contribution in [2.45, 2.75) is 6.92 Å². The predicted octanol–water partition coefficient (Wildman–Crippen LogP) is 3.50. The molecule has 9 heteroatoms. The molecule has 0 saturated carbocycles. The van der Waals surface area contributed by atoms with E-state index in [2.05, 4.69) is 21.2 Å². The maximum absolute atomic E-state index is 12.9. The van der Waals surface area contributed by atoms with Crippen LogP contribution in [0.3, 0.4) is 0 Å². The van der Waals surface area contributed by atoms with E-state index in [1.165, 1.54) is 40.3 Å². The largest absolute Gasteiger partial charge is 0.493 e. The SMILES string of the molecule is CCS(=O)(=O)N(C)c1cc(OC)c(OC)cc1C(=O)Nc1ccc(Br)cc1. The average molecular weight is 457 g/mol. The van der Waals surface area contributed by atoms with Crippen molar-refractivity contribution in [3.05, 3.63) is 46.4 Å². The van der Waals surface area contributed by atoms with E-state index in [-0.39, 0.29) is 17.0 Å². The van der Waals surface area contributed by atoms with E-state index >= 15 is 0 Å². The lowest BCUT2D eigenvalue weighted by atomic mass is 10.1. The van der Waals surface area contributed by atoms with Crippen molar-refractivity contribution in [1.82, 2.24) is 0 Å². The van der Waals surface area contributed by atoms with E-state index in [1.807, 2.05) is 0 Å². The van der Waals surface area contributed by atoms with Crippen LogP contribution in [0.2, 0.25) is 0 Å². The van der Waals surface area contributed by atoms with Crippen LogP contribution in [0.25, 0.3) is 0 Å². The lowest BCUT2D eigenvalue weighted by molar-refractivity contribution is 0.102. The molecule has 0 aliphatic carbocycles. The lowest BCUT2D eigenvalue weighted by Gasteiger charge is -2.23. The summed E-state index contributed by atoms with van der Waals surface area (Å²) in [5, 5.41) is 2.76. The summed E-state index contributed by atoms with van der Waals surface area (Å²) >= 11 is 3.34. The van der Waals surface area contributed by atoms with Crippen molar-refractivity contribution in [2.24, 2.45) is 0 Å². The maximum Gasteiger partial charge on any atom is 0.257 e. The number of halogens is 1. The second kappa shape index (κ2) is 8.62. The zero-order valence-electron chi connectivity index (χ0n) is 15.4. The fourth-order valence-corrected chi connectivity index (χ4v) is 3.49. The van der Waals surface area contributed by atoms with Crippen LogP contribution in [0.4, 0.5) is 11.4 Å². The van der Waals surface area contributed by atoms with Crippen LogP contribution < -0.4 is 19.1 Å². The van der Waals surface area contributed by atoms with Gasteiger partial charge in [0.05, 0.1) is 31.2 Å². The number of hydrogen-bond acceptors (Lipinski definition) is 5. The molecule has 2 rings (SSSR count). The van der Waals surface area contributed by atoms with Crippen LogP contribution in [0, 0.1) is 0 Å². The van der Waals surface area contributed by atoms with Gasteiger partial charge in [0.1, 0.15) is 0 Å². The number of carbonyl (C=O) groups is 1. The smallest absolute Gasteiger partial charge is 0.257 e. The Morgan fingerprint density at radius 1 is 1.11 bits per heavy atom. The first kappa shape index (κ1) is 21.0. The van der Waals surface area contributed by atoms with Gasteiger partial charge in [-0.25, -0.2) is 8.42 Å². The van der Waals surface area contributed by atoms with Gasteiger partial charge in [-0.15, -0.1) is 0 Å². The number of rotatable bonds is 7. The molecule has 27 heavy (non-hydrogen) atoms. The normalized spacial score (nSPS) is 11.0. The van der Waals surface area contributed by atoms with Crippen LogP contribution in [-0.2, 0) is 10.0 Å². The van der Waals surface area contributed by atoms with Crippen molar-refractivity contribution in [3.63, 3.8) is 0 Å². The minimum absolute atomic E-state index is 0.106. The van der Waals surface area contributed by atoms with Gasteiger partial charge in [-0.05, 0) is 37.3 Å². The van der Waals surface area contributed by atoms with Crippen molar-refractivity contribution in [3.8, 4) is 11.5 Å². The third-order valence-electron chi connectivity index (χ3n) is 3.97. The predicted molar refractivity (Wildman–Crippen MR) is 110 cm³/mol. The fourth-order valence-electron chi connectivity index (χ4n) is 2.39. The highest BCUT2D eigenvalue weighted by Crippen LogP contribution is 2.36. The highest BCUT2D eigenvalue weighted by atomic mass is 79.9. The van der Waals surface area contributed by atoms with Gasteiger partial charge in [0.15, 0.2) is 11.5 Å².